The van der Waals surface area contributed by atoms with Crippen LogP contribution >= 0.6 is 24.0 Å². The number of piperidine rings is 1. The average Bonchev–Trinajstić information content (AvgIpc) is 3.33. The number of benzene rings is 2. The summed E-state index contributed by atoms with van der Waals surface area (Å²) in [7, 11) is 0. The van der Waals surface area contributed by atoms with E-state index in [-0.39, 0.29) is 36.0 Å². The Morgan fingerprint density at radius 1 is 0.968 bits per heavy atom. The zero-order chi connectivity index (χ0) is 20.6. The standard InChI is InChI=1S/C24H30N4O2.HI/c29-23(22-13-8-16-30-22)26-21-12-7-9-19(17-21)18-25-24(28-14-5-2-6-15-28)27-20-10-3-1-4-11-20;/h1,3-4,7,9-12,17,22H,2,5-6,8,13-16,18H2,(H,25,27)(H,26,29);1H. The fraction of sp³-hybridized carbons (Fsp3) is 0.417. The number of hydrogen-bond acceptors (Lipinski definition) is 3. The first kappa shape index (κ1) is 23.5. The summed E-state index contributed by atoms with van der Waals surface area (Å²) in [6.45, 7) is 3.27. The molecule has 0 saturated carbocycles. The van der Waals surface area contributed by atoms with Gasteiger partial charge in [-0.15, -0.1) is 24.0 Å². The van der Waals surface area contributed by atoms with E-state index < -0.39 is 0 Å². The molecule has 0 spiro atoms. The number of hydrogen-bond donors (Lipinski definition) is 2. The van der Waals surface area contributed by atoms with Gasteiger partial charge < -0.3 is 20.3 Å². The molecule has 4 rings (SSSR count). The zero-order valence-corrected chi connectivity index (χ0v) is 20.1. The minimum atomic E-state index is -0.326. The summed E-state index contributed by atoms with van der Waals surface area (Å²) in [6, 6.07) is 18.1. The van der Waals surface area contributed by atoms with Gasteiger partial charge in [-0.3, -0.25) is 4.79 Å². The number of likely N-dealkylation sites (tertiary alicyclic amines) is 1. The molecule has 2 aliphatic heterocycles. The lowest BCUT2D eigenvalue weighted by Crippen LogP contribution is -2.40. The lowest BCUT2D eigenvalue weighted by Gasteiger charge is -2.30. The van der Waals surface area contributed by atoms with Gasteiger partial charge in [-0.1, -0.05) is 30.3 Å². The number of halogens is 1. The third kappa shape index (κ3) is 6.93. The Labute approximate surface area is 201 Å². The van der Waals surface area contributed by atoms with Crippen LogP contribution in [0, 0.1) is 0 Å². The van der Waals surface area contributed by atoms with Gasteiger partial charge >= 0.3 is 0 Å². The van der Waals surface area contributed by atoms with Gasteiger partial charge in [0.25, 0.3) is 5.91 Å². The number of guanidine groups is 1. The number of nitrogens with zero attached hydrogens (tertiary/aromatic N) is 2. The van der Waals surface area contributed by atoms with Crippen molar-refractivity contribution in [1.82, 2.24) is 4.90 Å². The van der Waals surface area contributed by atoms with Crippen LogP contribution in [0.2, 0.25) is 0 Å². The fourth-order valence-electron chi connectivity index (χ4n) is 3.90. The Bertz CT molecular complexity index is 863. The average molecular weight is 534 g/mol. The molecule has 2 aliphatic rings. The molecule has 31 heavy (non-hydrogen) atoms. The first-order valence-electron chi connectivity index (χ1n) is 10.9. The highest BCUT2D eigenvalue weighted by molar-refractivity contribution is 14.0. The minimum Gasteiger partial charge on any atom is -0.368 e. The van der Waals surface area contributed by atoms with Gasteiger partial charge in [-0.05, 0) is 61.9 Å². The molecule has 7 heteroatoms. The summed E-state index contributed by atoms with van der Waals surface area (Å²) in [5, 5.41) is 6.47. The maximum absolute atomic E-state index is 12.3. The monoisotopic (exact) mass is 534 g/mol. The van der Waals surface area contributed by atoms with E-state index in [0.717, 1.165) is 48.8 Å². The highest BCUT2D eigenvalue weighted by Crippen LogP contribution is 2.18. The van der Waals surface area contributed by atoms with Crippen molar-refractivity contribution in [2.75, 3.05) is 30.3 Å². The van der Waals surface area contributed by atoms with Crippen molar-refractivity contribution in [3.8, 4) is 0 Å². The normalized spacial score (nSPS) is 18.9. The first-order valence-corrected chi connectivity index (χ1v) is 10.9. The molecule has 2 N–H and O–H groups in total. The lowest BCUT2D eigenvalue weighted by molar-refractivity contribution is -0.124. The van der Waals surface area contributed by atoms with Crippen LogP contribution in [0.5, 0.6) is 0 Å². The minimum absolute atomic E-state index is 0. The van der Waals surface area contributed by atoms with Gasteiger partial charge in [-0.25, -0.2) is 4.99 Å². The Hall–Kier alpha value is -2.13. The van der Waals surface area contributed by atoms with Gasteiger partial charge in [0.05, 0.1) is 6.54 Å². The Morgan fingerprint density at radius 3 is 2.48 bits per heavy atom. The predicted molar refractivity (Wildman–Crippen MR) is 136 cm³/mol. The summed E-state index contributed by atoms with van der Waals surface area (Å²) < 4.78 is 5.47. The molecule has 0 aromatic heterocycles. The number of para-hydroxylation sites is 1. The van der Waals surface area contributed by atoms with Gasteiger partial charge in [-0.2, -0.15) is 0 Å². The van der Waals surface area contributed by atoms with Crippen LogP contribution in [0.3, 0.4) is 0 Å². The van der Waals surface area contributed by atoms with E-state index in [9.17, 15) is 4.79 Å². The quantitative estimate of drug-likeness (QED) is 0.326. The second-order valence-corrected chi connectivity index (χ2v) is 7.87. The molecule has 1 unspecified atom stereocenters. The second kappa shape index (κ2) is 12.0. The van der Waals surface area contributed by atoms with E-state index in [0.29, 0.717) is 13.2 Å². The topological polar surface area (TPSA) is 66.0 Å². The van der Waals surface area contributed by atoms with Gasteiger partial charge in [0.1, 0.15) is 6.10 Å². The van der Waals surface area contributed by atoms with Crippen LogP contribution < -0.4 is 10.6 Å². The van der Waals surface area contributed by atoms with Crippen molar-refractivity contribution in [3.05, 3.63) is 60.2 Å². The van der Waals surface area contributed by atoms with Crippen LogP contribution in [0.4, 0.5) is 11.4 Å². The molecular weight excluding hydrogens is 503 g/mol. The highest BCUT2D eigenvalue weighted by Gasteiger charge is 2.23. The van der Waals surface area contributed by atoms with Crippen LogP contribution in [-0.4, -0.2) is 42.6 Å². The van der Waals surface area contributed by atoms with Crippen LogP contribution in [0.25, 0.3) is 0 Å². The number of anilines is 2. The third-order valence-electron chi connectivity index (χ3n) is 5.51. The van der Waals surface area contributed by atoms with Crippen LogP contribution in [0.15, 0.2) is 59.6 Å². The van der Waals surface area contributed by atoms with Gasteiger partial charge in [0, 0.05) is 31.1 Å². The molecule has 1 amide bonds. The maximum atomic E-state index is 12.3. The molecule has 0 aliphatic carbocycles. The van der Waals surface area contributed by atoms with Crippen LogP contribution in [-0.2, 0) is 16.1 Å². The summed E-state index contributed by atoms with van der Waals surface area (Å²) >= 11 is 0. The van der Waals surface area contributed by atoms with Crippen molar-refractivity contribution in [2.24, 2.45) is 4.99 Å². The number of nitrogens with one attached hydrogen (secondary N) is 2. The van der Waals surface area contributed by atoms with Crippen molar-refractivity contribution in [2.45, 2.75) is 44.8 Å². The number of amides is 1. The summed E-state index contributed by atoms with van der Waals surface area (Å²) in [4.78, 5) is 19.6. The zero-order valence-electron chi connectivity index (χ0n) is 17.8. The summed E-state index contributed by atoms with van der Waals surface area (Å²) in [6.07, 6.45) is 5.08. The highest BCUT2D eigenvalue weighted by atomic mass is 127. The molecule has 166 valence electrons. The largest absolute Gasteiger partial charge is 0.368 e. The molecular formula is C24H31IN4O2. The Morgan fingerprint density at radius 2 is 1.74 bits per heavy atom. The Balaban J connectivity index is 0.00000272. The SMILES string of the molecule is I.O=C(Nc1cccc(CN=C(Nc2ccccc2)N2CCCCC2)c1)C1CCCO1. The smallest absolute Gasteiger partial charge is 0.253 e. The molecule has 0 radical (unpaired) electrons. The number of rotatable bonds is 5. The molecule has 6 nitrogen and oxygen atoms in total. The van der Waals surface area contributed by atoms with E-state index >= 15 is 0 Å². The molecule has 2 saturated heterocycles. The predicted octanol–water partition coefficient (Wildman–Crippen LogP) is 4.88. The molecule has 2 aromatic carbocycles. The van der Waals surface area contributed by atoms with Crippen molar-refractivity contribution in [1.29, 1.82) is 0 Å². The second-order valence-electron chi connectivity index (χ2n) is 7.87. The van der Waals surface area contributed by atoms with E-state index in [1.54, 1.807) is 0 Å². The number of carbonyl (C=O) groups is 1. The van der Waals surface area contributed by atoms with E-state index in [4.69, 9.17) is 9.73 Å². The van der Waals surface area contributed by atoms with Crippen molar-refractivity contribution in [3.63, 3.8) is 0 Å². The van der Waals surface area contributed by atoms with E-state index in [1.807, 2.05) is 42.5 Å². The van der Waals surface area contributed by atoms with Crippen LogP contribution in [0.1, 0.15) is 37.7 Å². The molecule has 2 heterocycles. The van der Waals surface area contributed by atoms with Crippen molar-refractivity contribution >= 4 is 47.2 Å². The lowest BCUT2D eigenvalue weighted by atomic mass is 10.1. The molecule has 1 atom stereocenters. The molecule has 0 bridgehead atoms. The van der Waals surface area contributed by atoms with E-state index in [1.165, 1.54) is 19.3 Å². The molecule has 2 aromatic rings. The molecule has 2 fully saturated rings. The van der Waals surface area contributed by atoms with E-state index in [2.05, 4.69) is 27.7 Å². The number of aliphatic imine (C=N–C) groups is 1. The third-order valence-corrected chi connectivity index (χ3v) is 5.51. The Kier molecular flexibility index (Phi) is 9.14. The number of carbonyl (C=O) groups excluding carboxylic acids is 1. The summed E-state index contributed by atoms with van der Waals surface area (Å²) in [5.41, 5.74) is 2.89. The number of ether oxygens (including phenoxy) is 1. The fourth-order valence-corrected chi connectivity index (χ4v) is 3.90. The first-order chi connectivity index (χ1) is 14.8. The maximum Gasteiger partial charge on any atom is 0.253 e. The van der Waals surface area contributed by atoms with Gasteiger partial charge in [0.2, 0.25) is 0 Å². The van der Waals surface area contributed by atoms with Gasteiger partial charge in [0.15, 0.2) is 5.96 Å². The van der Waals surface area contributed by atoms with Crippen molar-refractivity contribution < 1.29 is 9.53 Å². The summed E-state index contributed by atoms with van der Waals surface area (Å²) in [5.74, 6) is 0.850.